The number of halogens is 2. The molecule has 0 amide bonds. The van der Waals surface area contributed by atoms with Crippen LogP contribution in [0.2, 0.25) is 0 Å². The standard InChI is InChI=1S/C16H17BF2O3/c1-2-3-10-22-12-6-4-11(5-7-12)13-8-9-14(17(20)21)16(19)15(13)18/h4-9,20-21H,2-3,10H2,1H3. The molecule has 2 rings (SSSR count). The van der Waals surface area contributed by atoms with Gasteiger partial charge < -0.3 is 14.8 Å². The Morgan fingerprint density at radius 3 is 2.27 bits per heavy atom. The second-order valence-corrected chi connectivity index (χ2v) is 4.93. The number of unbranched alkanes of at least 4 members (excludes halogenated alkanes) is 1. The Kier molecular flexibility index (Phi) is 5.52. The third-order valence-electron chi connectivity index (χ3n) is 3.32. The van der Waals surface area contributed by atoms with E-state index < -0.39 is 24.2 Å². The molecular weight excluding hydrogens is 289 g/mol. The molecular formula is C16H17BF2O3. The predicted molar refractivity (Wildman–Crippen MR) is 82.0 cm³/mol. The van der Waals surface area contributed by atoms with E-state index in [1.807, 2.05) is 0 Å². The van der Waals surface area contributed by atoms with Gasteiger partial charge in [-0.25, -0.2) is 8.78 Å². The average molecular weight is 306 g/mol. The Labute approximate surface area is 128 Å². The number of ether oxygens (including phenoxy) is 1. The fourth-order valence-corrected chi connectivity index (χ4v) is 2.05. The van der Waals surface area contributed by atoms with Gasteiger partial charge in [0.1, 0.15) is 5.75 Å². The van der Waals surface area contributed by atoms with Crippen LogP contribution in [-0.4, -0.2) is 23.8 Å². The summed E-state index contributed by atoms with van der Waals surface area (Å²) in [6.07, 6.45) is 1.98. The zero-order valence-electron chi connectivity index (χ0n) is 12.2. The molecule has 3 nitrogen and oxygen atoms in total. The van der Waals surface area contributed by atoms with Gasteiger partial charge in [-0.1, -0.05) is 37.6 Å². The summed E-state index contributed by atoms with van der Waals surface area (Å²) in [5, 5.41) is 17.9. The van der Waals surface area contributed by atoms with Crippen molar-refractivity contribution in [1.29, 1.82) is 0 Å². The maximum Gasteiger partial charge on any atom is 0.491 e. The van der Waals surface area contributed by atoms with Crippen molar-refractivity contribution in [3.63, 3.8) is 0 Å². The monoisotopic (exact) mass is 306 g/mol. The van der Waals surface area contributed by atoms with E-state index in [4.69, 9.17) is 14.8 Å². The fraction of sp³-hybridized carbons (Fsp3) is 0.250. The fourth-order valence-electron chi connectivity index (χ4n) is 2.05. The smallest absolute Gasteiger partial charge is 0.491 e. The molecule has 116 valence electrons. The average Bonchev–Trinajstić information content (AvgIpc) is 2.51. The van der Waals surface area contributed by atoms with Crippen molar-refractivity contribution in [2.75, 3.05) is 6.61 Å². The summed E-state index contributed by atoms with van der Waals surface area (Å²) in [5.41, 5.74) is 0.0565. The molecule has 0 saturated carbocycles. The van der Waals surface area contributed by atoms with E-state index in [0.29, 0.717) is 17.9 Å². The van der Waals surface area contributed by atoms with E-state index in [0.717, 1.165) is 18.9 Å². The Balaban J connectivity index is 2.23. The van der Waals surface area contributed by atoms with Crippen LogP contribution in [0.15, 0.2) is 36.4 Å². The van der Waals surface area contributed by atoms with E-state index in [1.165, 1.54) is 6.07 Å². The summed E-state index contributed by atoms with van der Waals surface area (Å²) < 4.78 is 33.3. The molecule has 2 aromatic carbocycles. The minimum atomic E-state index is -2.04. The molecule has 0 fully saturated rings. The first kappa shape index (κ1) is 16.5. The molecule has 0 saturated heterocycles. The quantitative estimate of drug-likeness (QED) is 0.637. The SMILES string of the molecule is CCCCOc1ccc(-c2ccc(B(O)O)c(F)c2F)cc1. The minimum Gasteiger partial charge on any atom is -0.494 e. The highest BCUT2D eigenvalue weighted by atomic mass is 19.2. The van der Waals surface area contributed by atoms with Crippen LogP contribution in [0.3, 0.4) is 0 Å². The van der Waals surface area contributed by atoms with Crippen molar-refractivity contribution >= 4 is 12.6 Å². The van der Waals surface area contributed by atoms with Crippen LogP contribution in [0.1, 0.15) is 19.8 Å². The summed E-state index contributed by atoms with van der Waals surface area (Å²) in [6, 6.07) is 9.13. The van der Waals surface area contributed by atoms with Crippen molar-refractivity contribution in [1.82, 2.24) is 0 Å². The highest BCUT2D eigenvalue weighted by molar-refractivity contribution is 6.58. The van der Waals surface area contributed by atoms with Crippen LogP contribution in [0.5, 0.6) is 5.75 Å². The largest absolute Gasteiger partial charge is 0.494 e. The molecule has 2 aromatic rings. The predicted octanol–water partition coefficient (Wildman–Crippen LogP) is 2.49. The lowest BCUT2D eigenvalue weighted by atomic mass is 9.79. The minimum absolute atomic E-state index is 0.0574. The van der Waals surface area contributed by atoms with Crippen molar-refractivity contribution in [2.24, 2.45) is 0 Å². The van der Waals surface area contributed by atoms with E-state index in [9.17, 15) is 8.78 Å². The summed E-state index contributed by atoms with van der Waals surface area (Å²) in [4.78, 5) is 0. The summed E-state index contributed by atoms with van der Waals surface area (Å²) in [6.45, 7) is 2.68. The molecule has 0 bridgehead atoms. The van der Waals surface area contributed by atoms with Gasteiger partial charge in [-0.3, -0.25) is 0 Å². The number of rotatable bonds is 6. The lowest BCUT2D eigenvalue weighted by Gasteiger charge is -2.10. The van der Waals surface area contributed by atoms with Gasteiger partial charge in [0.05, 0.1) is 6.61 Å². The normalized spacial score (nSPS) is 10.6. The lowest BCUT2D eigenvalue weighted by Crippen LogP contribution is -2.33. The Hall–Kier alpha value is -1.92. The van der Waals surface area contributed by atoms with Gasteiger partial charge in [-0.05, 0) is 24.1 Å². The summed E-state index contributed by atoms with van der Waals surface area (Å²) in [5.74, 6) is -1.69. The van der Waals surface area contributed by atoms with Crippen molar-refractivity contribution in [2.45, 2.75) is 19.8 Å². The second kappa shape index (κ2) is 7.38. The first-order valence-electron chi connectivity index (χ1n) is 7.11. The molecule has 0 unspecified atom stereocenters. The summed E-state index contributed by atoms with van der Waals surface area (Å²) >= 11 is 0. The van der Waals surface area contributed by atoms with Crippen molar-refractivity contribution in [3.8, 4) is 16.9 Å². The van der Waals surface area contributed by atoms with Gasteiger partial charge in [0.2, 0.25) is 0 Å². The van der Waals surface area contributed by atoms with Crippen LogP contribution >= 0.6 is 0 Å². The molecule has 0 atom stereocenters. The molecule has 0 aliphatic heterocycles. The highest BCUT2D eigenvalue weighted by Crippen LogP contribution is 2.26. The van der Waals surface area contributed by atoms with E-state index in [-0.39, 0.29) is 5.56 Å². The Morgan fingerprint density at radius 2 is 1.68 bits per heavy atom. The zero-order chi connectivity index (χ0) is 16.1. The zero-order valence-corrected chi connectivity index (χ0v) is 12.2. The Bertz CT molecular complexity index is 630. The van der Waals surface area contributed by atoms with Gasteiger partial charge in [-0.15, -0.1) is 0 Å². The van der Waals surface area contributed by atoms with Crippen LogP contribution in [0.4, 0.5) is 8.78 Å². The maximum absolute atomic E-state index is 14.0. The van der Waals surface area contributed by atoms with E-state index >= 15 is 0 Å². The first-order valence-corrected chi connectivity index (χ1v) is 7.11. The number of hydrogen-bond donors (Lipinski definition) is 2. The molecule has 0 heterocycles. The highest BCUT2D eigenvalue weighted by Gasteiger charge is 2.22. The summed E-state index contributed by atoms with van der Waals surface area (Å²) in [7, 11) is -2.04. The Morgan fingerprint density at radius 1 is 1.00 bits per heavy atom. The van der Waals surface area contributed by atoms with Crippen LogP contribution in [-0.2, 0) is 0 Å². The third-order valence-corrected chi connectivity index (χ3v) is 3.32. The van der Waals surface area contributed by atoms with Crippen LogP contribution < -0.4 is 10.2 Å². The van der Waals surface area contributed by atoms with Crippen molar-refractivity contribution in [3.05, 3.63) is 48.0 Å². The molecule has 22 heavy (non-hydrogen) atoms. The van der Waals surface area contributed by atoms with Gasteiger partial charge >= 0.3 is 7.12 Å². The molecule has 0 radical (unpaired) electrons. The van der Waals surface area contributed by atoms with Gasteiger partial charge in [-0.2, -0.15) is 0 Å². The molecule has 0 aliphatic rings. The third kappa shape index (κ3) is 3.64. The molecule has 0 aromatic heterocycles. The van der Waals surface area contributed by atoms with Gasteiger partial charge in [0.15, 0.2) is 11.6 Å². The lowest BCUT2D eigenvalue weighted by molar-refractivity contribution is 0.309. The maximum atomic E-state index is 14.0. The molecule has 0 aliphatic carbocycles. The first-order chi connectivity index (χ1) is 10.5. The number of benzene rings is 2. The molecule has 2 N–H and O–H groups in total. The van der Waals surface area contributed by atoms with Crippen molar-refractivity contribution < 1.29 is 23.6 Å². The number of hydrogen-bond acceptors (Lipinski definition) is 3. The van der Waals surface area contributed by atoms with Crippen LogP contribution in [0.25, 0.3) is 11.1 Å². The topological polar surface area (TPSA) is 49.7 Å². The van der Waals surface area contributed by atoms with E-state index in [2.05, 4.69) is 6.92 Å². The second-order valence-electron chi connectivity index (χ2n) is 4.93. The van der Waals surface area contributed by atoms with Crippen LogP contribution in [0, 0.1) is 11.6 Å². The van der Waals surface area contributed by atoms with E-state index in [1.54, 1.807) is 24.3 Å². The molecule has 0 spiro atoms. The van der Waals surface area contributed by atoms with Gasteiger partial charge in [0, 0.05) is 11.0 Å². The van der Waals surface area contributed by atoms with Gasteiger partial charge in [0.25, 0.3) is 0 Å². The molecule has 6 heteroatoms.